The first-order valence-electron chi connectivity index (χ1n) is 7.35. The summed E-state index contributed by atoms with van der Waals surface area (Å²) in [5, 5.41) is 7.31. The van der Waals surface area contributed by atoms with E-state index in [0.29, 0.717) is 5.92 Å². The Bertz CT molecular complexity index is 369. The molecule has 19 heavy (non-hydrogen) atoms. The highest BCUT2D eigenvalue weighted by Crippen LogP contribution is 2.18. The van der Waals surface area contributed by atoms with Gasteiger partial charge in [0.1, 0.15) is 0 Å². The van der Waals surface area contributed by atoms with Crippen molar-refractivity contribution in [1.29, 1.82) is 0 Å². The molecule has 2 heterocycles. The molecule has 1 N–H and O–H groups in total. The zero-order chi connectivity index (χ0) is 13.7. The van der Waals surface area contributed by atoms with Crippen LogP contribution in [-0.2, 0) is 13.0 Å². The van der Waals surface area contributed by atoms with Gasteiger partial charge in [0.25, 0.3) is 0 Å². The number of nitrogens with one attached hydrogen (secondary N) is 1. The summed E-state index contributed by atoms with van der Waals surface area (Å²) in [7, 11) is 2.03. The van der Waals surface area contributed by atoms with Crippen molar-refractivity contribution in [2.45, 2.75) is 39.7 Å². The number of likely N-dealkylation sites (tertiary alicyclic amines) is 1. The van der Waals surface area contributed by atoms with Crippen LogP contribution < -0.4 is 5.32 Å². The molecular formula is C14H26N4O. The third-order valence-electron chi connectivity index (χ3n) is 3.66. The Labute approximate surface area is 115 Å². The van der Waals surface area contributed by atoms with E-state index in [-0.39, 0.29) is 0 Å². The maximum Gasteiger partial charge on any atom is 0.240 e. The molecule has 0 radical (unpaired) electrons. The molecule has 1 aliphatic rings. The van der Waals surface area contributed by atoms with E-state index in [9.17, 15) is 0 Å². The second-order valence-electron chi connectivity index (χ2n) is 5.98. The summed E-state index contributed by atoms with van der Waals surface area (Å²) in [6, 6.07) is 0. The Balaban J connectivity index is 1.77. The number of rotatable bonds is 6. The lowest BCUT2D eigenvalue weighted by atomic mass is 9.97. The van der Waals surface area contributed by atoms with Gasteiger partial charge in [-0.15, -0.1) is 0 Å². The minimum atomic E-state index is 0.572. The third-order valence-corrected chi connectivity index (χ3v) is 3.66. The largest absolute Gasteiger partial charge is 0.338 e. The summed E-state index contributed by atoms with van der Waals surface area (Å²) in [6.45, 7) is 8.54. The fourth-order valence-electron chi connectivity index (χ4n) is 2.63. The first kappa shape index (κ1) is 14.5. The fraction of sp³-hybridized carbons (Fsp3) is 0.857. The molecule has 1 saturated heterocycles. The molecule has 0 atom stereocenters. The van der Waals surface area contributed by atoms with Gasteiger partial charge in [-0.2, -0.15) is 4.98 Å². The Morgan fingerprint density at radius 2 is 2.11 bits per heavy atom. The second-order valence-corrected chi connectivity index (χ2v) is 5.98. The summed E-state index contributed by atoms with van der Waals surface area (Å²) >= 11 is 0. The molecule has 0 unspecified atom stereocenters. The van der Waals surface area contributed by atoms with E-state index in [0.717, 1.165) is 50.2 Å². The van der Waals surface area contributed by atoms with Crippen LogP contribution in [0.15, 0.2) is 4.52 Å². The summed E-state index contributed by atoms with van der Waals surface area (Å²) in [5.41, 5.74) is 0. The molecule has 0 aliphatic carbocycles. The topological polar surface area (TPSA) is 54.2 Å². The van der Waals surface area contributed by atoms with Crippen molar-refractivity contribution >= 4 is 0 Å². The van der Waals surface area contributed by atoms with Crippen molar-refractivity contribution < 1.29 is 4.52 Å². The molecule has 0 aromatic carbocycles. The van der Waals surface area contributed by atoms with Gasteiger partial charge in [-0.25, -0.2) is 0 Å². The summed E-state index contributed by atoms with van der Waals surface area (Å²) in [5.74, 6) is 3.00. The van der Waals surface area contributed by atoms with Crippen LogP contribution in [0.5, 0.6) is 0 Å². The minimum absolute atomic E-state index is 0.572. The normalized spacial score (nSPS) is 18.3. The van der Waals surface area contributed by atoms with Crippen molar-refractivity contribution in [2.75, 3.05) is 26.7 Å². The zero-order valence-corrected chi connectivity index (χ0v) is 12.4. The number of aromatic nitrogens is 2. The van der Waals surface area contributed by atoms with Gasteiger partial charge in [-0.05, 0) is 51.4 Å². The highest BCUT2D eigenvalue weighted by atomic mass is 16.5. The van der Waals surface area contributed by atoms with Gasteiger partial charge in [-0.3, -0.25) is 4.90 Å². The molecule has 108 valence electrons. The van der Waals surface area contributed by atoms with Crippen LogP contribution in [0.4, 0.5) is 0 Å². The van der Waals surface area contributed by atoms with Crippen LogP contribution in [0.2, 0.25) is 0 Å². The predicted octanol–water partition coefficient (Wildman–Crippen LogP) is 1.70. The second kappa shape index (κ2) is 7.01. The van der Waals surface area contributed by atoms with Gasteiger partial charge in [0, 0.05) is 6.42 Å². The van der Waals surface area contributed by atoms with Crippen LogP contribution >= 0.6 is 0 Å². The lowest BCUT2D eigenvalue weighted by Gasteiger charge is -2.30. The van der Waals surface area contributed by atoms with Crippen molar-refractivity contribution in [1.82, 2.24) is 20.4 Å². The van der Waals surface area contributed by atoms with Gasteiger partial charge in [0.05, 0.1) is 6.54 Å². The smallest absolute Gasteiger partial charge is 0.240 e. The molecule has 1 fully saturated rings. The lowest BCUT2D eigenvalue weighted by Crippen LogP contribution is -2.36. The van der Waals surface area contributed by atoms with Gasteiger partial charge in [-0.1, -0.05) is 19.0 Å². The van der Waals surface area contributed by atoms with Crippen LogP contribution in [-0.4, -0.2) is 41.7 Å². The van der Waals surface area contributed by atoms with E-state index in [1.54, 1.807) is 0 Å². The van der Waals surface area contributed by atoms with Crippen LogP contribution in [0, 0.1) is 11.8 Å². The summed E-state index contributed by atoms with van der Waals surface area (Å²) < 4.78 is 5.33. The first-order valence-corrected chi connectivity index (χ1v) is 7.35. The Kier molecular flexibility index (Phi) is 5.34. The standard InChI is InChI=1S/C14H26N4O/c1-11(2)8-13-16-14(19-17-13)10-18-6-4-12(5-7-18)9-15-3/h11-12,15H,4-10H2,1-3H3. The fourth-order valence-corrected chi connectivity index (χ4v) is 2.63. The molecule has 1 aromatic heterocycles. The average Bonchev–Trinajstić information content (AvgIpc) is 2.78. The number of piperidine rings is 1. The maximum atomic E-state index is 5.33. The lowest BCUT2D eigenvalue weighted by molar-refractivity contribution is 0.158. The van der Waals surface area contributed by atoms with E-state index in [1.165, 1.54) is 12.8 Å². The predicted molar refractivity (Wildman–Crippen MR) is 74.8 cm³/mol. The van der Waals surface area contributed by atoms with Crippen molar-refractivity contribution in [3.8, 4) is 0 Å². The van der Waals surface area contributed by atoms with Crippen LogP contribution in [0.3, 0.4) is 0 Å². The molecule has 1 aromatic rings. The number of nitrogens with zero attached hydrogens (tertiary/aromatic N) is 3. The van der Waals surface area contributed by atoms with Crippen molar-refractivity contribution in [3.63, 3.8) is 0 Å². The summed E-state index contributed by atoms with van der Waals surface area (Å²) in [6.07, 6.45) is 3.41. The van der Waals surface area contributed by atoms with E-state index < -0.39 is 0 Å². The molecule has 1 aliphatic heterocycles. The number of hydrogen-bond donors (Lipinski definition) is 1. The molecule has 0 saturated carbocycles. The maximum absolute atomic E-state index is 5.33. The van der Waals surface area contributed by atoms with Crippen molar-refractivity contribution in [2.24, 2.45) is 11.8 Å². The quantitative estimate of drug-likeness (QED) is 0.849. The Morgan fingerprint density at radius 3 is 2.74 bits per heavy atom. The van der Waals surface area contributed by atoms with E-state index in [4.69, 9.17) is 4.52 Å². The van der Waals surface area contributed by atoms with Gasteiger partial charge < -0.3 is 9.84 Å². The minimum Gasteiger partial charge on any atom is -0.338 e. The highest BCUT2D eigenvalue weighted by Gasteiger charge is 2.20. The van der Waals surface area contributed by atoms with Gasteiger partial charge >= 0.3 is 0 Å². The average molecular weight is 266 g/mol. The zero-order valence-electron chi connectivity index (χ0n) is 12.4. The monoisotopic (exact) mass is 266 g/mol. The molecule has 2 rings (SSSR count). The molecule has 0 bridgehead atoms. The Morgan fingerprint density at radius 1 is 1.37 bits per heavy atom. The van der Waals surface area contributed by atoms with Crippen molar-refractivity contribution in [3.05, 3.63) is 11.7 Å². The highest BCUT2D eigenvalue weighted by molar-refractivity contribution is 4.88. The number of hydrogen-bond acceptors (Lipinski definition) is 5. The molecule has 5 nitrogen and oxygen atoms in total. The molecule has 0 spiro atoms. The molecule has 5 heteroatoms. The van der Waals surface area contributed by atoms with Crippen LogP contribution in [0.25, 0.3) is 0 Å². The first-order chi connectivity index (χ1) is 9.17. The third kappa shape index (κ3) is 4.58. The Hall–Kier alpha value is -0.940. The van der Waals surface area contributed by atoms with Gasteiger partial charge in [0.2, 0.25) is 5.89 Å². The molecular weight excluding hydrogens is 240 g/mol. The van der Waals surface area contributed by atoms with Gasteiger partial charge in [0.15, 0.2) is 5.82 Å². The SMILES string of the molecule is CNCC1CCN(Cc2nc(CC(C)C)no2)CC1. The van der Waals surface area contributed by atoms with Crippen LogP contribution in [0.1, 0.15) is 38.4 Å². The van der Waals surface area contributed by atoms with E-state index in [1.807, 2.05) is 7.05 Å². The molecule has 0 amide bonds. The van der Waals surface area contributed by atoms with E-state index >= 15 is 0 Å². The van der Waals surface area contributed by atoms with E-state index in [2.05, 4.69) is 34.2 Å². The summed E-state index contributed by atoms with van der Waals surface area (Å²) in [4.78, 5) is 6.88.